The Hall–Kier alpha value is -0.730. The number of rotatable bonds is 24. The summed E-state index contributed by atoms with van der Waals surface area (Å²) in [4.78, 5) is 13.8. The van der Waals surface area contributed by atoms with Crippen LogP contribution in [0.1, 0.15) is 117 Å². The number of likely N-dealkylation sites (N-methyl/N-ethyl adjacent to an activating group) is 1. The maximum absolute atomic E-state index is 12.0. The first-order valence-electron chi connectivity index (χ1n) is 14.9. The van der Waals surface area contributed by atoms with Crippen molar-refractivity contribution in [2.75, 3.05) is 40.5 Å². The Labute approximate surface area is 221 Å². The molecule has 0 amide bonds. The van der Waals surface area contributed by atoms with Gasteiger partial charge in [0.1, 0.15) is 24.9 Å². The molecule has 0 bridgehead atoms. The van der Waals surface area contributed by atoms with Gasteiger partial charge in [-0.25, -0.2) is 0 Å². The van der Waals surface area contributed by atoms with Crippen molar-refractivity contribution in [3.05, 3.63) is 0 Å². The molecule has 0 aromatic heterocycles. The summed E-state index contributed by atoms with van der Waals surface area (Å²) in [7, 11) is 3.64. The summed E-state index contributed by atoms with van der Waals surface area (Å²) in [6.07, 6.45) is 17.1. The maximum Gasteiger partial charge on any atom is 0.320 e. The first-order valence-corrected chi connectivity index (χ1v) is 14.9. The molecule has 4 atom stereocenters. The molecule has 1 heterocycles. The number of carbonyl (C=O) groups is 1. The van der Waals surface area contributed by atoms with E-state index < -0.39 is 24.6 Å². The highest BCUT2D eigenvalue weighted by atomic mass is 16.7. The molecule has 36 heavy (non-hydrogen) atoms. The first-order chi connectivity index (χ1) is 17.5. The number of hydrogen-bond donors (Lipinski definition) is 1. The van der Waals surface area contributed by atoms with E-state index in [1.54, 1.807) is 4.90 Å². The van der Waals surface area contributed by atoms with Crippen LogP contribution in [-0.2, 0) is 23.7 Å². The van der Waals surface area contributed by atoms with Crippen LogP contribution in [0.3, 0.4) is 0 Å². The third-order valence-corrected chi connectivity index (χ3v) is 6.76. The molecule has 1 aliphatic heterocycles. The van der Waals surface area contributed by atoms with Gasteiger partial charge in [-0.05, 0) is 26.9 Å². The van der Waals surface area contributed by atoms with E-state index >= 15 is 0 Å². The fourth-order valence-corrected chi connectivity index (χ4v) is 4.61. The molecule has 1 fully saturated rings. The van der Waals surface area contributed by atoms with Crippen molar-refractivity contribution in [2.45, 2.75) is 141 Å². The van der Waals surface area contributed by atoms with E-state index in [2.05, 4.69) is 13.8 Å². The average Bonchev–Trinajstić information content (AvgIpc) is 3.14. The zero-order chi connectivity index (χ0) is 26.4. The van der Waals surface area contributed by atoms with Gasteiger partial charge in [0.25, 0.3) is 0 Å². The van der Waals surface area contributed by atoms with Crippen LogP contribution < -0.4 is 0 Å². The summed E-state index contributed by atoms with van der Waals surface area (Å²) in [5.74, 6) is -0.316. The second-order valence-electron chi connectivity index (χ2n) is 10.6. The van der Waals surface area contributed by atoms with Crippen molar-refractivity contribution in [1.29, 1.82) is 0 Å². The van der Waals surface area contributed by atoms with E-state index in [1.165, 1.54) is 77.0 Å². The van der Waals surface area contributed by atoms with Crippen molar-refractivity contribution < 1.29 is 28.8 Å². The van der Waals surface area contributed by atoms with Crippen LogP contribution in [0, 0.1) is 0 Å². The van der Waals surface area contributed by atoms with Gasteiger partial charge in [-0.3, -0.25) is 9.69 Å². The Morgan fingerprint density at radius 2 is 1.17 bits per heavy atom. The number of nitrogens with zero attached hydrogens (tertiary/aromatic N) is 1. The molecule has 214 valence electrons. The van der Waals surface area contributed by atoms with Crippen LogP contribution in [0.4, 0.5) is 0 Å². The van der Waals surface area contributed by atoms with Crippen LogP contribution in [0.2, 0.25) is 0 Å². The molecular formula is C29H57NO6. The number of carbonyl (C=O) groups excluding carboxylic acids is 1. The van der Waals surface area contributed by atoms with Crippen molar-refractivity contribution in [1.82, 2.24) is 4.90 Å². The van der Waals surface area contributed by atoms with Gasteiger partial charge in [0, 0.05) is 13.2 Å². The molecule has 7 heteroatoms. The van der Waals surface area contributed by atoms with Gasteiger partial charge in [0.2, 0.25) is 0 Å². The summed E-state index contributed by atoms with van der Waals surface area (Å²) >= 11 is 0. The normalized spacial score (nSPS) is 21.9. The number of ether oxygens (including phenoxy) is 4. The monoisotopic (exact) mass is 515 g/mol. The first kappa shape index (κ1) is 33.3. The lowest BCUT2D eigenvalue weighted by Crippen LogP contribution is -2.40. The van der Waals surface area contributed by atoms with Crippen LogP contribution in [0.5, 0.6) is 0 Å². The standard InChI is InChI=1S/C29H57NO6/c1-5-7-9-11-13-15-17-19-21-33-27-25(24-35-26(31)23-30(3)4)36-29(32)28(27)34-22-20-18-16-14-12-10-8-6-2/h25,27-29,32H,5-24H2,1-4H3/t25-,27?,28+,29-/m1/s1. The molecule has 7 nitrogen and oxygen atoms in total. The zero-order valence-corrected chi connectivity index (χ0v) is 23.9. The van der Waals surface area contributed by atoms with Gasteiger partial charge in [-0.2, -0.15) is 0 Å². The van der Waals surface area contributed by atoms with Crippen LogP contribution in [0.15, 0.2) is 0 Å². The highest BCUT2D eigenvalue weighted by Gasteiger charge is 2.46. The molecule has 0 aliphatic carbocycles. The predicted octanol–water partition coefficient (Wildman–Crippen LogP) is 5.86. The minimum Gasteiger partial charge on any atom is -0.462 e. The third kappa shape index (κ3) is 16.2. The molecular weight excluding hydrogens is 458 g/mol. The lowest BCUT2D eigenvalue weighted by Gasteiger charge is -2.24. The number of unbranched alkanes of at least 4 members (excludes halogenated alkanes) is 14. The van der Waals surface area contributed by atoms with Gasteiger partial charge in [0.05, 0.1) is 6.54 Å². The Kier molecular flexibility index (Phi) is 20.6. The molecule has 0 spiro atoms. The molecule has 1 rings (SSSR count). The molecule has 0 aromatic rings. The molecule has 1 saturated heterocycles. The van der Waals surface area contributed by atoms with Crippen LogP contribution in [-0.4, -0.2) is 81.0 Å². The number of aliphatic hydroxyl groups excluding tert-OH is 1. The second kappa shape index (κ2) is 22.3. The Morgan fingerprint density at radius 1 is 0.722 bits per heavy atom. The quantitative estimate of drug-likeness (QED) is 0.127. The molecule has 0 saturated carbocycles. The lowest BCUT2D eigenvalue weighted by atomic mass is 10.1. The van der Waals surface area contributed by atoms with Crippen molar-refractivity contribution in [2.24, 2.45) is 0 Å². The zero-order valence-electron chi connectivity index (χ0n) is 23.9. The molecule has 1 aliphatic rings. The number of hydrogen-bond acceptors (Lipinski definition) is 7. The largest absolute Gasteiger partial charge is 0.462 e. The van der Waals surface area contributed by atoms with Gasteiger partial charge in [-0.1, -0.05) is 104 Å². The van der Waals surface area contributed by atoms with Gasteiger partial charge >= 0.3 is 5.97 Å². The Bertz CT molecular complexity index is 518. The summed E-state index contributed by atoms with van der Waals surface area (Å²) in [6.45, 7) is 5.91. The molecule has 0 aromatic carbocycles. The molecule has 1 N–H and O–H groups in total. The van der Waals surface area contributed by atoms with Crippen molar-refractivity contribution >= 4 is 5.97 Å². The highest BCUT2D eigenvalue weighted by molar-refractivity contribution is 5.71. The Morgan fingerprint density at radius 3 is 1.64 bits per heavy atom. The molecule has 0 radical (unpaired) electrons. The van der Waals surface area contributed by atoms with E-state index in [9.17, 15) is 9.90 Å². The molecule has 1 unspecified atom stereocenters. The summed E-state index contributed by atoms with van der Waals surface area (Å²) in [6, 6.07) is 0. The van der Waals surface area contributed by atoms with Crippen molar-refractivity contribution in [3.8, 4) is 0 Å². The third-order valence-electron chi connectivity index (χ3n) is 6.76. The summed E-state index contributed by atoms with van der Waals surface area (Å²) < 4.78 is 23.4. The smallest absolute Gasteiger partial charge is 0.320 e. The predicted molar refractivity (Wildman–Crippen MR) is 145 cm³/mol. The Balaban J connectivity index is 2.41. The van der Waals surface area contributed by atoms with E-state index in [-0.39, 0.29) is 19.1 Å². The lowest BCUT2D eigenvalue weighted by molar-refractivity contribution is -0.161. The summed E-state index contributed by atoms with van der Waals surface area (Å²) in [5, 5.41) is 10.5. The van der Waals surface area contributed by atoms with Gasteiger partial charge in [0.15, 0.2) is 6.29 Å². The fraction of sp³-hybridized carbons (Fsp3) is 0.966. The van der Waals surface area contributed by atoms with E-state index in [1.807, 2.05) is 14.1 Å². The van der Waals surface area contributed by atoms with Gasteiger partial charge < -0.3 is 24.1 Å². The minimum absolute atomic E-state index is 0.0590. The second-order valence-corrected chi connectivity index (χ2v) is 10.6. The number of esters is 1. The maximum atomic E-state index is 12.0. The fourth-order valence-electron chi connectivity index (χ4n) is 4.61. The SMILES string of the molecule is CCCCCCCCCCOC1[C@@H](COC(=O)CN(C)C)O[C@@H](O)[C@H]1OCCCCCCCCCC. The average molecular weight is 516 g/mol. The van der Waals surface area contributed by atoms with E-state index in [0.717, 1.165) is 25.7 Å². The topological polar surface area (TPSA) is 77.5 Å². The number of aliphatic hydroxyl groups is 1. The van der Waals surface area contributed by atoms with Crippen LogP contribution >= 0.6 is 0 Å². The van der Waals surface area contributed by atoms with E-state index in [0.29, 0.717) is 13.2 Å². The van der Waals surface area contributed by atoms with E-state index in [4.69, 9.17) is 18.9 Å². The van der Waals surface area contributed by atoms with Crippen LogP contribution in [0.25, 0.3) is 0 Å². The highest BCUT2D eigenvalue weighted by Crippen LogP contribution is 2.27. The summed E-state index contributed by atoms with van der Waals surface area (Å²) in [5.41, 5.74) is 0. The minimum atomic E-state index is -1.07. The van der Waals surface area contributed by atoms with Crippen molar-refractivity contribution in [3.63, 3.8) is 0 Å². The van der Waals surface area contributed by atoms with Gasteiger partial charge in [-0.15, -0.1) is 0 Å².